The van der Waals surface area contributed by atoms with Crippen LogP contribution in [0.1, 0.15) is 69.4 Å². The standard InChI is InChI=1S/C22H28F2O/c1-3-15-5-7-16(8-6-15)17-9-11-18(12-10-17)19-13-14-20(25-4-2)22(24)21(19)23/h9-13,15-16,20H,3-8,14H2,1-2H3. The van der Waals surface area contributed by atoms with E-state index >= 15 is 0 Å². The first-order valence-electron chi connectivity index (χ1n) is 9.61. The predicted octanol–water partition coefficient (Wildman–Crippen LogP) is 6.71. The normalized spacial score (nSPS) is 27.4. The first-order valence-corrected chi connectivity index (χ1v) is 9.61. The minimum absolute atomic E-state index is 0.356. The molecule has 1 saturated carbocycles. The molecular weight excluding hydrogens is 318 g/mol. The van der Waals surface area contributed by atoms with E-state index < -0.39 is 17.8 Å². The topological polar surface area (TPSA) is 9.23 Å². The highest BCUT2D eigenvalue weighted by Crippen LogP contribution is 2.39. The van der Waals surface area contributed by atoms with E-state index in [0.29, 0.717) is 24.5 Å². The molecule has 136 valence electrons. The summed E-state index contributed by atoms with van der Waals surface area (Å²) in [7, 11) is 0. The summed E-state index contributed by atoms with van der Waals surface area (Å²) in [5.41, 5.74) is 2.43. The quantitative estimate of drug-likeness (QED) is 0.575. The molecule has 0 spiro atoms. The summed E-state index contributed by atoms with van der Waals surface area (Å²) in [5.74, 6) is -0.0673. The Balaban J connectivity index is 1.71. The maximum Gasteiger partial charge on any atom is 0.165 e. The molecule has 2 aliphatic carbocycles. The van der Waals surface area contributed by atoms with Crippen molar-refractivity contribution >= 4 is 5.57 Å². The summed E-state index contributed by atoms with van der Waals surface area (Å²) in [5, 5.41) is 0. The molecule has 1 aromatic carbocycles. The van der Waals surface area contributed by atoms with E-state index in [-0.39, 0.29) is 0 Å². The maximum atomic E-state index is 14.4. The van der Waals surface area contributed by atoms with Gasteiger partial charge in [0.2, 0.25) is 0 Å². The van der Waals surface area contributed by atoms with Gasteiger partial charge in [-0.2, -0.15) is 0 Å². The van der Waals surface area contributed by atoms with E-state index in [1.165, 1.54) is 37.7 Å². The van der Waals surface area contributed by atoms with Crippen LogP contribution in [0.25, 0.3) is 5.57 Å². The fourth-order valence-electron chi connectivity index (χ4n) is 4.11. The van der Waals surface area contributed by atoms with E-state index in [2.05, 4.69) is 19.1 Å². The van der Waals surface area contributed by atoms with E-state index in [4.69, 9.17) is 4.74 Å². The predicted molar refractivity (Wildman–Crippen MR) is 98.7 cm³/mol. The third-order valence-corrected chi connectivity index (χ3v) is 5.75. The largest absolute Gasteiger partial charge is 0.371 e. The van der Waals surface area contributed by atoms with Crippen LogP contribution >= 0.6 is 0 Å². The van der Waals surface area contributed by atoms with Gasteiger partial charge in [-0.05, 0) is 62.0 Å². The Kier molecular flexibility index (Phi) is 6.06. The summed E-state index contributed by atoms with van der Waals surface area (Å²) < 4.78 is 33.8. The minimum Gasteiger partial charge on any atom is -0.371 e. The fraction of sp³-hybridized carbons (Fsp3) is 0.545. The number of hydrogen-bond acceptors (Lipinski definition) is 1. The van der Waals surface area contributed by atoms with Gasteiger partial charge in [0.25, 0.3) is 0 Å². The molecule has 0 bridgehead atoms. The summed E-state index contributed by atoms with van der Waals surface area (Å²) >= 11 is 0. The zero-order valence-electron chi connectivity index (χ0n) is 15.2. The lowest BCUT2D eigenvalue weighted by Gasteiger charge is -2.28. The highest BCUT2D eigenvalue weighted by Gasteiger charge is 2.27. The lowest BCUT2D eigenvalue weighted by molar-refractivity contribution is 0.0710. The van der Waals surface area contributed by atoms with Crippen molar-refractivity contribution in [1.29, 1.82) is 0 Å². The smallest absolute Gasteiger partial charge is 0.165 e. The molecule has 0 amide bonds. The molecule has 1 nitrogen and oxygen atoms in total. The van der Waals surface area contributed by atoms with E-state index in [0.717, 1.165) is 11.5 Å². The lowest BCUT2D eigenvalue weighted by Crippen LogP contribution is -2.17. The number of benzene rings is 1. The van der Waals surface area contributed by atoms with Crippen molar-refractivity contribution in [2.45, 2.75) is 64.4 Å². The van der Waals surface area contributed by atoms with Crippen molar-refractivity contribution in [3.8, 4) is 0 Å². The molecule has 0 saturated heterocycles. The molecule has 0 radical (unpaired) electrons. The van der Waals surface area contributed by atoms with Gasteiger partial charge >= 0.3 is 0 Å². The third-order valence-electron chi connectivity index (χ3n) is 5.75. The second-order valence-electron chi connectivity index (χ2n) is 7.21. The van der Waals surface area contributed by atoms with Crippen LogP contribution < -0.4 is 0 Å². The average Bonchev–Trinajstić information content (AvgIpc) is 2.66. The first-order chi connectivity index (χ1) is 12.1. The minimum atomic E-state index is -0.777. The Hall–Kier alpha value is -1.48. The second-order valence-corrected chi connectivity index (χ2v) is 7.21. The summed E-state index contributed by atoms with van der Waals surface area (Å²) in [6.07, 6.45) is 7.71. The highest BCUT2D eigenvalue weighted by molar-refractivity contribution is 5.78. The number of allylic oxidation sites excluding steroid dienone is 2. The van der Waals surface area contributed by atoms with Crippen LogP contribution in [-0.4, -0.2) is 12.7 Å². The van der Waals surface area contributed by atoms with Crippen LogP contribution in [0.15, 0.2) is 42.0 Å². The van der Waals surface area contributed by atoms with E-state index in [1.807, 2.05) is 12.1 Å². The third kappa shape index (κ3) is 4.03. The fourth-order valence-corrected chi connectivity index (χ4v) is 4.11. The van der Waals surface area contributed by atoms with Crippen LogP contribution in [-0.2, 0) is 4.74 Å². The molecule has 0 N–H and O–H groups in total. The van der Waals surface area contributed by atoms with E-state index in [1.54, 1.807) is 13.0 Å². The number of halogens is 2. The molecule has 1 atom stereocenters. The monoisotopic (exact) mass is 346 g/mol. The van der Waals surface area contributed by atoms with Crippen molar-refractivity contribution in [1.82, 2.24) is 0 Å². The van der Waals surface area contributed by atoms with Gasteiger partial charge in [0.05, 0.1) is 0 Å². The molecule has 25 heavy (non-hydrogen) atoms. The molecular formula is C22H28F2O. The summed E-state index contributed by atoms with van der Waals surface area (Å²) in [4.78, 5) is 0. The molecule has 1 aromatic rings. The molecule has 1 unspecified atom stereocenters. The van der Waals surface area contributed by atoms with Gasteiger partial charge in [-0.1, -0.05) is 43.7 Å². The van der Waals surface area contributed by atoms with Crippen LogP contribution in [0.4, 0.5) is 8.78 Å². The van der Waals surface area contributed by atoms with Crippen LogP contribution in [0.2, 0.25) is 0 Å². The Morgan fingerprint density at radius 1 is 1.00 bits per heavy atom. The lowest BCUT2D eigenvalue weighted by atomic mass is 9.77. The van der Waals surface area contributed by atoms with Crippen molar-refractivity contribution in [2.75, 3.05) is 6.61 Å². The van der Waals surface area contributed by atoms with Crippen molar-refractivity contribution in [2.24, 2.45) is 5.92 Å². The zero-order chi connectivity index (χ0) is 17.8. The van der Waals surface area contributed by atoms with Gasteiger partial charge in [-0.15, -0.1) is 0 Å². The Morgan fingerprint density at radius 2 is 1.68 bits per heavy atom. The summed E-state index contributed by atoms with van der Waals surface area (Å²) in [6.45, 7) is 4.44. The van der Waals surface area contributed by atoms with Crippen LogP contribution in [0, 0.1) is 5.92 Å². The summed E-state index contributed by atoms with van der Waals surface area (Å²) in [6, 6.07) is 8.04. The average molecular weight is 346 g/mol. The maximum absolute atomic E-state index is 14.4. The molecule has 0 heterocycles. The Morgan fingerprint density at radius 3 is 2.28 bits per heavy atom. The van der Waals surface area contributed by atoms with Crippen LogP contribution in [0.3, 0.4) is 0 Å². The molecule has 0 aromatic heterocycles. The zero-order valence-corrected chi connectivity index (χ0v) is 15.2. The number of ether oxygens (including phenoxy) is 1. The molecule has 3 heteroatoms. The van der Waals surface area contributed by atoms with Gasteiger partial charge in [-0.25, -0.2) is 8.78 Å². The Bertz CT molecular complexity index is 636. The second kappa shape index (κ2) is 8.27. The SMILES string of the molecule is CCOC1CC=C(c2ccc(C3CCC(CC)CC3)cc2)C(F)=C1F. The first kappa shape index (κ1) is 18.3. The molecule has 0 aliphatic heterocycles. The van der Waals surface area contributed by atoms with Gasteiger partial charge in [0.15, 0.2) is 11.7 Å². The van der Waals surface area contributed by atoms with Crippen molar-refractivity contribution in [3.63, 3.8) is 0 Å². The highest BCUT2D eigenvalue weighted by atomic mass is 19.2. The Labute approximate surface area is 149 Å². The molecule has 2 aliphatic rings. The number of hydrogen-bond donors (Lipinski definition) is 0. The van der Waals surface area contributed by atoms with Crippen molar-refractivity contribution < 1.29 is 13.5 Å². The number of rotatable bonds is 5. The van der Waals surface area contributed by atoms with E-state index in [9.17, 15) is 8.78 Å². The van der Waals surface area contributed by atoms with Gasteiger partial charge < -0.3 is 4.74 Å². The van der Waals surface area contributed by atoms with Gasteiger partial charge in [0, 0.05) is 12.2 Å². The molecule has 1 fully saturated rings. The van der Waals surface area contributed by atoms with Gasteiger partial charge in [-0.3, -0.25) is 0 Å². The molecule has 3 rings (SSSR count). The van der Waals surface area contributed by atoms with Gasteiger partial charge in [0.1, 0.15) is 6.10 Å². The van der Waals surface area contributed by atoms with Crippen molar-refractivity contribution in [3.05, 3.63) is 53.1 Å². The van der Waals surface area contributed by atoms with Crippen LogP contribution in [0.5, 0.6) is 0 Å².